The number of rotatable bonds is 3. The smallest absolute Gasteiger partial charge is 0.120 e. The highest BCUT2D eigenvalue weighted by atomic mass is 16.5. The molecule has 4 rings (SSSR count). The van der Waals surface area contributed by atoms with Crippen molar-refractivity contribution in [1.82, 2.24) is 0 Å². The number of fused-ring (bicyclic) bond motifs is 1. The molecule has 0 radical (unpaired) electrons. The highest BCUT2D eigenvalue weighted by molar-refractivity contribution is 5.84. The van der Waals surface area contributed by atoms with E-state index in [1.54, 1.807) is 0 Å². The molecule has 1 spiro atoms. The second-order valence-electron chi connectivity index (χ2n) is 8.07. The van der Waals surface area contributed by atoms with Crippen molar-refractivity contribution in [3.63, 3.8) is 0 Å². The van der Waals surface area contributed by atoms with Gasteiger partial charge in [0, 0.05) is 0 Å². The lowest BCUT2D eigenvalue weighted by atomic mass is 9.65. The van der Waals surface area contributed by atoms with Crippen LogP contribution < -0.4 is 4.74 Å². The maximum absolute atomic E-state index is 6.35. The van der Waals surface area contributed by atoms with E-state index in [1.165, 1.54) is 74.1 Å². The molecule has 0 unspecified atom stereocenters. The van der Waals surface area contributed by atoms with Crippen molar-refractivity contribution in [2.75, 3.05) is 0 Å². The molecule has 2 saturated carbocycles. The summed E-state index contributed by atoms with van der Waals surface area (Å²) < 4.78 is 6.35. The number of hydrogen-bond acceptors (Lipinski definition) is 1. The van der Waals surface area contributed by atoms with Gasteiger partial charge >= 0.3 is 0 Å². The van der Waals surface area contributed by atoms with Gasteiger partial charge in [0.15, 0.2) is 0 Å². The molecule has 2 aromatic carbocycles. The van der Waals surface area contributed by atoms with E-state index in [9.17, 15) is 0 Å². The fourth-order valence-corrected chi connectivity index (χ4v) is 4.88. The van der Waals surface area contributed by atoms with E-state index < -0.39 is 0 Å². The van der Waals surface area contributed by atoms with Crippen molar-refractivity contribution in [2.24, 2.45) is 5.41 Å². The normalized spacial score (nSPS) is 21.2. The SMILES string of the molecule is CCc1ccc2cc(OC3CCC4(CCCCC4)CC3)ccc2c1. The highest BCUT2D eigenvalue weighted by Crippen LogP contribution is 2.47. The van der Waals surface area contributed by atoms with E-state index in [4.69, 9.17) is 4.74 Å². The molecular weight excluding hydrogens is 292 g/mol. The third kappa shape index (κ3) is 3.31. The van der Waals surface area contributed by atoms with Crippen molar-refractivity contribution >= 4 is 10.8 Å². The van der Waals surface area contributed by atoms with Crippen molar-refractivity contribution < 1.29 is 4.74 Å². The van der Waals surface area contributed by atoms with Crippen LogP contribution in [0.2, 0.25) is 0 Å². The Morgan fingerprint density at radius 1 is 0.875 bits per heavy atom. The fraction of sp³-hybridized carbons (Fsp3) is 0.565. The summed E-state index contributed by atoms with van der Waals surface area (Å²) >= 11 is 0. The van der Waals surface area contributed by atoms with Crippen LogP contribution in [0.5, 0.6) is 5.75 Å². The van der Waals surface area contributed by atoms with Crippen LogP contribution in [0.15, 0.2) is 36.4 Å². The summed E-state index contributed by atoms with van der Waals surface area (Å²) in [6.45, 7) is 2.21. The van der Waals surface area contributed by atoms with Gasteiger partial charge in [-0.05, 0) is 78.8 Å². The standard InChI is InChI=1S/C23H30O/c1-2-18-6-7-20-17-22(9-8-19(20)16-18)24-21-10-14-23(15-11-21)12-4-3-5-13-23/h6-9,16-17,21H,2-5,10-15H2,1H3. The molecule has 0 saturated heterocycles. The first-order valence-corrected chi connectivity index (χ1v) is 9.96. The Morgan fingerprint density at radius 2 is 1.58 bits per heavy atom. The first kappa shape index (κ1) is 16.0. The van der Waals surface area contributed by atoms with Crippen LogP contribution in [0.25, 0.3) is 10.8 Å². The summed E-state index contributed by atoms with van der Waals surface area (Å²) in [6.07, 6.45) is 14.1. The summed E-state index contributed by atoms with van der Waals surface area (Å²) in [5.74, 6) is 1.05. The molecule has 2 aliphatic rings. The minimum absolute atomic E-state index is 0.421. The summed E-state index contributed by atoms with van der Waals surface area (Å²) in [5.41, 5.74) is 2.08. The highest BCUT2D eigenvalue weighted by Gasteiger charge is 2.36. The lowest BCUT2D eigenvalue weighted by molar-refractivity contribution is 0.0524. The second kappa shape index (κ2) is 6.78. The van der Waals surface area contributed by atoms with Crippen molar-refractivity contribution in [3.8, 4) is 5.75 Å². The molecule has 0 bridgehead atoms. The lowest BCUT2D eigenvalue weighted by Crippen LogP contribution is -2.33. The van der Waals surface area contributed by atoms with Crippen molar-refractivity contribution in [3.05, 3.63) is 42.0 Å². The molecule has 0 aromatic heterocycles. The van der Waals surface area contributed by atoms with Gasteiger partial charge in [0.25, 0.3) is 0 Å². The van der Waals surface area contributed by atoms with Gasteiger partial charge in [-0.1, -0.05) is 50.5 Å². The number of hydrogen-bond donors (Lipinski definition) is 0. The van der Waals surface area contributed by atoms with E-state index >= 15 is 0 Å². The predicted molar refractivity (Wildman–Crippen MR) is 102 cm³/mol. The number of ether oxygens (including phenoxy) is 1. The Hall–Kier alpha value is -1.50. The van der Waals surface area contributed by atoms with Crippen LogP contribution in [-0.4, -0.2) is 6.10 Å². The molecule has 0 N–H and O–H groups in total. The number of benzene rings is 2. The average molecular weight is 322 g/mol. The molecule has 1 heteroatoms. The molecule has 0 aliphatic heterocycles. The maximum Gasteiger partial charge on any atom is 0.120 e. The quantitative estimate of drug-likeness (QED) is 0.613. The summed E-state index contributed by atoms with van der Waals surface area (Å²) in [7, 11) is 0. The number of aryl methyl sites for hydroxylation is 1. The van der Waals surface area contributed by atoms with E-state index in [0.717, 1.165) is 12.2 Å². The molecule has 2 fully saturated rings. The summed E-state index contributed by atoms with van der Waals surface area (Å²) in [5, 5.41) is 2.62. The van der Waals surface area contributed by atoms with E-state index in [0.29, 0.717) is 11.5 Å². The van der Waals surface area contributed by atoms with Gasteiger partial charge in [-0.2, -0.15) is 0 Å². The van der Waals surface area contributed by atoms with Crippen LogP contribution >= 0.6 is 0 Å². The molecule has 24 heavy (non-hydrogen) atoms. The molecule has 0 heterocycles. The summed E-state index contributed by atoms with van der Waals surface area (Å²) in [6, 6.07) is 13.4. The Morgan fingerprint density at radius 3 is 2.33 bits per heavy atom. The molecule has 2 aromatic rings. The minimum atomic E-state index is 0.421. The zero-order valence-corrected chi connectivity index (χ0v) is 15.0. The van der Waals surface area contributed by atoms with Crippen LogP contribution in [0.3, 0.4) is 0 Å². The molecule has 1 nitrogen and oxygen atoms in total. The monoisotopic (exact) mass is 322 g/mol. The van der Waals surface area contributed by atoms with E-state index in [-0.39, 0.29) is 0 Å². The van der Waals surface area contributed by atoms with E-state index in [1.807, 2.05) is 0 Å². The Labute approximate surface area is 146 Å². The zero-order chi connectivity index (χ0) is 16.4. The molecule has 0 amide bonds. The maximum atomic E-state index is 6.35. The molecule has 128 valence electrons. The fourth-order valence-electron chi connectivity index (χ4n) is 4.88. The van der Waals surface area contributed by atoms with Gasteiger partial charge < -0.3 is 4.74 Å². The third-order valence-corrected chi connectivity index (χ3v) is 6.49. The van der Waals surface area contributed by atoms with Crippen molar-refractivity contribution in [2.45, 2.75) is 77.2 Å². The van der Waals surface area contributed by atoms with Gasteiger partial charge in [-0.25, -0.2) is 0 Å². The average Bonchev–Trinajstić information content (AvgIpc) is 2.64. The molecular formula is C23H30O. The first-order chi connectivity index (χ1) is 11.8. The van der Waals surface area contributed by atoms with Crippen LogP contribution in [0, 0.1) is 5.41 Å². The predicted octanol–water partition coefficient (Wildman–Crippen LogP) is 6.67. The van der Waals surface area contributed by atoms with Crippen LogP contribution in [0.1, 0.15) is 70.3 Å². The second-order valence-corrected chi connectivity index (χ2v) is 8.07. The third-order valence-electron chi connectivity index (χ3n) is 6.49. The Kier molecular flexibility index (Phi) is 4.52. The van der Waals surface area contributed by atoms with Gasteiger partial charge in [-0.15, -0.1) is 0 Å². The largest absolute Gasteiger partial charge is 0.490 e. The van der Waals surface area contributed by atoms with Crippen molar-refractivity contribution in [1.29, 1.82) is 0 Å². The van der Waals surface area contributed by atoms with Crippen LogP contribution in [-0.2, 0) is 6.42 Å². The van der Waals surface area contributed by atoms with Gasteiger partial charge in [0.05, 0.1) is 6.10 Å². The summed E-state index contributed by atoms with van der Waals surface area (Å²) in [4.78, 5) is 0. The topological polar surface area (TPSA) is 9.23 Å². The first-order valence-electron chi connectivity index (χ1n) is 9.96. The zero-order valence-electron chi connectivity index (χ0n) is 15.0. The van der Waals surface area contributed by atoms with E-state index in [2.05, 4.69) is 43.3 Å². The Balaban J connectivity index is 1.41. The van der Waals surface area contributed by atoms with Crippen LogP contribution in [0.4, 0.5) is 0 Å². The molecule has 2 aliphatic carbocycles. The lowest BCUT2D eigenvalue weighted by Gasteiger charge is -2.42. The Bertz CT molecular complexity index is 686. The van der Waals surface area contributed by atoms with Gasteiger partial charge in [0.1, 0.15) is 5.75 Å². The molecule has 0 atom stereocenters. The van der Waals surface area contributed by atoms with Gasteiger partial charge in [0.2, 0.25) is 0 Å². The minimum Gasteiger partial charge on any atom is -0.490 e. The van der Waals surface area contributed by atoms with Gasteiger partial charge in [-0.3, -0.25) is 0 Å².